The first-order valence-corrected chi connectivity index (χ1v) is 8.91. The Labute approximate surface area is 166 Å². The maximum absolute atomic E-state index is 5.64. The van der Waals surface area contributed by atoms with Crippen molar-refractivity contribution in [3.05, 3.63) is 79.1 Å². The second-order valence-electron chi connectivity index (χ2n) is 5.78. The highest BCUT2D eigenvalue weighted by Crippen LogP contribution is 2.23. The van der Waals surface area contributed by atoms with Crippen molar-refractivity contribution in [2.75, 3.05) is 0 Å². The molecule has 0 spiro atoms. The molecule has 0 radical (unpaired) electrons. The van der Waals surface area contributed by atoms with Gasteiger partial charge in [-0.1, -0.05) is 24.3 Å². The molecule has 0 aliphatic rings. The number of isothiocyanates is 1. The fourth-order valence-electron chi connectivity index (χ4n) is 2.61. The van der Waals surface area contributed by atoms with Gasteiger partial charge in [-0.05, 0) is 60.7 Å². The van der Waals surface area contributed by atoms with E-state index in [1.165, 1.54) is 0 Å². The third-order valence-electron chi connectivity index (χ3n) is 3.92. The van der Waals surface area contributed by atoms with E-state index in [4.69, 9.17) is 4.74 Å². The van der Waals surface area contributed by atoms with Crippen molar-refractivity contribution >= 4 is 45.1 Å². The van der Waals surface area contributed by atoms with Crippen LogP contribution in [-0.2, 0) is 0 Å². The zero-order valence-corrected chi connectivity index (χ0v) is 15.5. The summed E-state index contributed by atoms with van der Waals surface area (Å²) >= 11 is 4.55. The molecule has 2 aromatic heterocycles. The van der Waals surface area contributed by atoms with Crippen LogP contribution in [-0.4, -0.2) is 25.1 Å². The van der Waals surface area contributed by atoms with Gasteiger partial charge in [0.25, 0.3) is 6.01 Å². The number of rotatable bonds is 3. The highest BCUT2D eigenvalue weighted by molar-refractivity contribution is 7.78. The van der Waals surface area contributed by atoms with Crippen LogP contribution in [0, 0.1) is 0 Å². The molecule has 0 saturated heterocycles. The lowest BCUT2D eigenvalue weighted by Crippen LogP contribution is -1.84. The summed E-state index contributed by atoms with van der Waals surface area (Å²) in [6.45, 7) is 0. The molecule has 2 heterocycles. The van der Waals surface area contributed by atoms with Crippen LogP contribution in [0.5, 0.6) is 11.8 Å². The van der Waals surface area contributed by atoms with Gasteiger partial charge in [0.05, 0.1) is 39.2 Å². The van der Waals surface area contributed by atoms with Gasteiger partial charge >= 0.3 is 0 Å². The lowest BCUT2D eigenvalue weighted by atomic mass is 10.3. The van der Waals surface area contributed by atoms with Crippen LogP contribution in [0.1, 0.15) is 0 Å². The number of nitrogens with zero attached hydrogens (tertiary/aromatic N) is 3. The Kier molecular flexibility index (Phi) is 5.20. The summed E-state index contributed by atoms with van der Waals surface area (Å²) < 4.78 is 5.64. The summed E-state index contributed by atoms with van der Waals surface area (Å²) in [6.07, 6.45) is 1.70. The number of imidazole rings is 2. The van der Waals surface area contributed by atoms with Gasteiger partial charge in [0.2, 0.25) is 0 Å². The number of thiocarbonyl (C=S) groups is 1. The normalized spacial score (nSPS) is 10.1. The molecule has 0 bridgehead atoms. The van der Waals surface area contributed by atoms with Gasteiger partial charge < -0.3 is 14.7 Å². The van der Waals surface area contributed by atoms with Crippen LogP contribution < -0.4 is 4.74 Å². The van der Waals surface area contributed by atoms with Crippen molar-refractivity contribution in [2.45, 2.75) is 0 Å². The van der Waals surface area contributed by atoms with E-state index in [0.29, 0.717) is 11.8 Å². The number of hydrogen-bond donors (Lipinski definition) is 2. The lowest BCUT2D eigenvalue weighted by Gasteiger charge is -2.00. The van der Waals surface area contributed by atoms with E-state index < -0.39 is 0 Å². The van der Waals surface area contributed by atoms with E-state index in [9.17, 15) is 0 Å². The topological polar surface area (TPSA) is 79.0 Å². The van der Waals surface area contributed by atoms with Crippen LogP contribution >= 0.6 is 12.2 Å². The third-order valence-corrected chi connectivity index (χ3v) is 4.01. The smallest absolute Gasteiger partial charge is 0.300 e. The molecule has 0 aliphatic carbocycles. The second-order valence-corrected chi connectivity index (χ2v) is 5.96. The van der Waals surface area contributed by atoms with Crippen molar-refractivity contribution in [1.29, 1.82) is 0 Å². The molecule has 0 saturated carbocycles. The summed E-state index contributed by atoms with van der Waals surface area (Å²) in [4.78, 5) is 18.4. The molecule has 0 unspecified atom stereocenters. The van der Waals surface area contributed by atoms with Gasteiger partial charge in [-0.3, -0.25) is 0 Å². The summed E-state index contributed by atoms with van der Waals surface area (Å²) in [5.74, 6) is 0.683. The molecule has 0 fully saturated rings. The van der Waals surface area contributed by atoms with Crippen LogP contribution in [0.25, 0.3) is 22.1 Å². The van der Waals surface area contributed by atoms with E-state index >= 15 is 0 Å². The number of aliphatic imine (C=N–C) groups is 1. The number of fused-ring (bicyclic) bond motifs is 2. The predicted octanol–water partition coefficient (Wildman–Crippen LogP) is 5.65. The second kappa shape index (κ2) is 8.26. The van der Waals surface area contributed by atoms with Crippen molar-refractivity contribution < 1.29 is 4.74 Å². The monoisotopic (exact) mass is 385 g/mol. The van der Waals surface area contributed by atoms with Gasteiger partial charge in [0, 0.05) is 0 Å². The number of aromatic amines is 2. The molecule has 6 nitrogen and oxygen atoms in total. The van der Waals surface area contributed by atoms with E-state index in [-0.39, 0.29) is 0 Å². The number of ether oxygens (including phenoxy) is 1. The van der Waals surface area contributed by atoms with E-state index in [2.05, 4.69) is 42.3 Å². The van der Waals surface area contributed by atoms with Crippen molar-refractivity contribution in [2.24, 2.45) is 4.99 Å². The average Bonchev–Trinajstić information content (AvgIpc) is 3.36. The first kappa shape index (κ1) is 17.6. The number of nitrogens with one attached hydrogen (secondary N) is 2. The zero-order valence-electron chi connectivity index (χ0n) is 14.7. The van der Waals surface area contributed by atoms with Crippen LogP contribution in [0.3, 0.4) is 0 Å². The van der Waals surface area contributed by atoms with Gasteiger partial charge in [0.15, 0.2) is 0 Å². The molecule has 2 N–H and O–H groups in total. The quantitative estimate of drug-likeness (QED) is 0.311. The van der Waals surface area contributed by atoms with Gasteiger partial charge in [-0.15, -0.1) is 0 Å². The third kappa shape index (κ3) is 4.12. The fourth-order valence-corrected chi connectivity index (χ4v) is 2.72. The molecule has 5 rings (SSSR count). The Morgan fingerprint density at radius 3 is 2.29 bits per heavy atom. The molecule has 0 amide bonds. The highest BCUT2D eigenvalue weighted by atomic mass is 32.1. The number of hydrogen-bond acceptors (Lipinski definition) is 5. The number of H-pyrrole nitrogens is 2. The Morgan fingerprint density at radius 1 is 0.857 bits per heavy atom. The summed E-state index contributed by atoms with van der Waals surface area (Å²) in [5, 5.41) is 2.32. The van der Waals surface area contributed by atoms with Crippen molar-refractivity contribution in [3.8, 4) is 11.8 Å². The van der Waals surface area contributed by atoms with Crippen molar-refractivity contribution in [3.63, 3.8) is 0 Å². The molecule has 7 heteroatoms. The Bertz CT molecular complexity index is 1190. The first-order chi connectivity index (χ1) is 13.8. The van der Waals surface area contributed by atoms with Gasteiger partial charge in [0.1, 0.15) is 5.75 Å². The minimum atomic E-state index is 0.465. The SMILES string of the molecule is S=C=Nc1ccc(Oc2nc3ccccc3[nH]2)cc1.c1ccc2[nH]cnc2c1. The summed E-state index contributed by atoms with van der Waals surface area (Å²) in [5.41, 5.74) is 4.68. The fraction of sp³-hybridized carbons (Fsp3) is 0. The van der Waals surface area contributed by atoms with Gasteiger partial charge in [-0.25, -0.2) is 4.98 Å². The molecular formula is C21H15N5OS. The Hall–Kier alpha value is -3.80. The van der Waals surface area contributed by atoms with Crippen LogP contribution in [0.4, 0.5) is 5.69 Å². The molecule has 5 aromatic rings. The van der Waals surface area contributed by atoms with Crippen molar-refractivity contribution in [1.82, 2.24) is 19.9 Å². The minimum Gasteiger partial charge on any atom is -0.426 e. The van der Waals surface area contributed by atoms with Crippen LogP contribution in [0.15, 0.2) is 84.1 Å². The molecular weight excluding hydrogens is 370 g/mol. The minimum absolute atomic E-state index is 0.465. The zero-order chi connectivity index (χ0) is 19.2. The predicted molar refractivity (Wildman–Crippen MR) is 113 cm³/mol. The van der Waals surface area contributed by atoms with E-state index in [1.807, 2.05) is 48.5 Å². The summed E-state index contributed by atoms with van der Waals surface area (Å²) in [6, 6.07) is 23.4. The molecule has 3 aromatic carbocycles. The maximum Gasteiger partial charge on any atom is 0.300 e. The number of aromatic nitrogens is 4. The Balaban J connectivity index is 0.000000177. The molecule has 0 aliphatic heterocycles. The lowest BCUT2D eigenvalue weighted by molar-refractivity contribution is 0.449. The first-order valence-electron chi connectivity index (χ1n) is 8.50. The number of benzene rings is 3. The molecule has 136 valence electrons. The molecule has 28 heavy (non-hydrogen) atoms. The average molecular weight is 385 g/mol. The maximum atomic E-state index is 5.64. The van der Waals surface area contributed by atoms with E-state index in [0.717, 1.165) is 27.8 Å². The number of para-hydroxylation sites is 4. The van der Waals surface area contributed by atoms with Crippen LogP contribution in [0.2, 0.25) is 0 Å². The molecule has 0 atom stereocenters. The highest BCUT2D eigenvalue weighted by Gasteiger charge is 2.04. The van der Waals surface area contributed by atoms with E-state index in [1.54, 1.807) is 30.6 Å². The Morgan fingerprint density at radius 2 is 1.57 bits per heavy atom. The van der Waals surface area contributed by atoms with Gasteiger partial charge in [-0.2, -0.15) is 9.98 Å². The standard InChI is InChI=1S/C14H9N3OS.C7H6N2/c19-9-15-10-5-7-11(8-6-10)18-14-16-12-3-1-2-4-13(12)17-14;1-2-4-7-6(3-1)8-5-9-7/h1-8H,(H,16,17);1-5H,(H,8,9). The summed E-state index contributed by atoms with van der Waals surface area (Å²) in [7, 11) is 0. The largest absolute Gasteiger partial charge is 0.426 e.